The maximum Gasteiger partial charge on any atom is 0.251 e. The van der Waals surface area contributed by atoms with Gasteiger partial charge in [0.15, 0.2) is 0 Å². The molecule has 0 aliphatic carbocycles. The van der Waals surface area contributed by atoms with E-state index in [-0.39, 0.29) is 11.9 Å². The largest absolute Gasteiger partial charge is 0.346 e. The Labute approximate surface area is 149 Å². The first-order valence-corrected chi connectivity index (χ1v) is 9.92. The summed E-state index contributed by atoms with van der Waals surface area (Å²) in [5.74, 6) is -0.192. The zero-order chi connectivity index (χ0) is 18.8. The highest BCUT2D eigenvalue weighted by molar-refractivity contribution is 7.92. The minimum Gasteiger partial charge on any atom is -0.346 e. The van der Waals surface area contributed by atoms with Gasteiger partial charge in [0.1, 0.15) is 0 Å². The Bertz CT molecular complexity index is 905. The average Bonchev–Trinajstić information content (AvgIpc) is 2.50. The van der Waals surface area contributed by atoms with Crippen molar-refractivity contribution in [3.8, 4) is 0 Å². The number of hydrogen-bond acceptors (Lipinski definition) is 3. The normalized spacial score (nSPS) is 12.5. The molecular weight excluding hydrogens is 336 g/mol. The molecule has 5 nitrogen and oxygen atoms in total. The SMILES string of the molecule is Cc1ccc(C)c([C@@H](C)NC(=O)c2ccc(NS(C)(=O)=O)c(C)c2)c1. The van der Waals surface area contributed by atoms with Crippen molar-refractivity contribution >= 4 is 21.6 Å². The van der Waals surface area contributed by atoms with Crippen LogP contribution in [-0.2, 0) is 10.0 Å². The Morgan fingerprint density at radius 1 is 1.00 bits per heavy atom. The minimum atomic E-state index is -3.35. The van der Waals surface area contributed by atoms with E-state index in [2.05, 4.69) is 16.1 Å². The molecule has 0 aromatic heterocycles. The van der Waals surface area contributed by atoms with Crippen molar-refractivity contribution in [2.24, 2.45) is 0 Å². The molecule has 6 heteroatoms. The summed E-state index contributed by atoms with van der Waals surface area (Å²) in [4.78, 5) is 12.5. The molecule has 2 aromatic rings. The van der Waals surface area contributed by atoms with Crippen LogP contribution in [0.3, 0.4) is 0 Å². The molecule has 2 rings (SSSR count). The Hall–Kier alpha value is -2.34. The summed E-state index contributed by atoms with van der Waals surface area (Å²) in [6.07, 6.45) is 1.10. The van der Waals surface area contributed by atoms with Crippen LogP contribution in [0.4, 0.5) is 5.69 Å². The van der Waals surface area contributed by atoms with E-state index < -0.39 is 10.0 Å². The van der Waals surface area contributed by atoms with E-state index in [1.807, 2.05) is 32.9 Å². The molecule has 0 unspecified atom stereocenters. The molecule has 0 fully saturated rings. The number of sulfonamides is 1. The van der Waals surface area contributed by atoms with Gasteiger partial charge in [-0.15, -0.1) is 0 Å². The molecule has 2 N–H and O–H groups in total. The van der Waals surface area contributed by atoms with Crippen molar-refractivity contribution in [3.05, 3.63) is 64.2 Å². The van der Waals surface area contributed by atoms with Gasteiger partial charge in [0.2, 0.25) is 10.0 Å². The van der Waals surface area contributed by atoms with Crippen molar-refractivity contribution in [1.29, 1.82) is 0 Å². The first-order chi connectivity index (χ1) is 11.6. The van der Waals surface area contributed by atoms with E-state index in [1.165, 1.54) is 0 Å². The van der Waals surface area contributed by atoms with Crippen molar-refractivity contribution in [2.45, 2.75) is 33.7 Å². The highest BCUT2D eigenvalue weighted by Crippen LogP contribution is 2.21. The lowest BCUT2D eigenvalue weighted by Gasteiger charge is -2.18. The molecule has 2 aromatic carbocycles. The minimum absolute atomic E-state index is 0.124. The summed E-state index contributed by atoms with van der Waals surface area (Å²) in [6.45, 7) is 7.76. The summed E-state index contributed by atoms with van der Waals surface area (Å²) >= 11 is 0. The van der Waals surface area contributed by atoms with Crippen LogP contribution >= 0.6 is 0 Å². The summed E-state index contributed by atoms with van der Waals surface area (Å²) < 4.78 is 25.1. The van der Waals surface area contributed by atoms with Gasteiger partial charge in [0.25, 0.3) is 5.91 Å². The predicted molar refractivity (Wildman–Crippen MR) is 101 cm³/mol. The Kier molecular flexibility index (Phi) is 5.52. The van der Waals surface area contributed by atoms with Gasteiger partial charge in [-0.2, -0.15) is 0 Å². The fourth-order valence-corrected chi connectivity index (χ4v) is 3.33. The van der Waals surface area contributed by atoms with Crippen molar-refractivity contribution in [3.63, 3.8) is 0 Å². The van der Waals surface area contributed by atoms with Gasteiger partial charge in [0, 0.05) is 5.56 Å². The van der Waals surface area contributed by atoms with Crippen LogP contribution < -0.4 is 10.0 Å². The van der Waals surface area contributed by atoms with Crippen LogP contribution in [0, 0.1) is 20.8 Å². The highest BCUT2D eigenvalue weighted by Gasteiger charge is 2.15. The number of anilines is 1. The highest BCUT2D eigenvalue weighted by atomic mass is 32.2. The van der Waals surface area contributed by atoms with Crippen LogP contribution in [0.2, 0.25) is 0 Å². The molecule has 134 valence electrons. The van der Waals surface area contributed by atoms with Gasteiger partial charge in [-0.05, 0) is 62.6 Å². The summed E-state index contributed by atoms with van der Waals surface area (Å²) in [5, 5.41) is 3.00. The van der Waals surface area contributed by atoms with Gasteiger partial charge in [0.05, 0.1) is 18.0 Å². The third-order valence-corrected chi connectivity index (χ3v) is 4.62. The molecule has 1 amide bonds. The van der Waals surface area contributed by atoms with E-state index >= 15 is 0 Å². The number of carbonyl (C=O) groups excluding carboxylic acids is 1. The number of carbonyl (C=O) groups is 1. The van der Waals surface area contributed by atoms with E-state index in [1.54, 1.807) is 25.1 Å². The van der Waals surface area contributed by atoms with Gasteiger partial charge in [-0.1, -0.05) is 23.8 Å². The summed E-state index contributed by atoms with van der Waals surface area (Å²) in [7, 11) is -3.35. The lowest BCUT2D eigenvalue weighted by molar-refractivity contribution is 0.0939. The van der Waals surface area contributed by atoms with Crippen molar-refractivity contribution in [1.82, 2.24) is 5.32 Å². The molecule has 25 heavy (non-hydrogen) atoms. The molecule has 1 atom stereocenters. The molecule has 0 saturated heterocycles. The zero-order valence-electron chi connectivity index (χ0n) is 15.2. The number of nitrogens with one attached hydrogen (secondary N) is 2. The molecular formula is C19H24N2O3S. The fraction of sp³-hybridized carbons (Fsp3) is 0.316. The average molecular weight is 360 g/mol. The molecule has 0 radical (unpaired) electrons. The van der Waals surface area contributed by atoms with Crippen molar-refractivity contribution in [2.75, 3.05) is 11.0 Å². The first kappa shape index (κ1) is 19.0. The van der Waals surface area contributed by atoms with Crippen LogP contribution in [0.5, 0.6) is 0 Å². The Morgan fingerprint density at radius 2 is 1.68 bits per heavy atom. The lowest BCUT2D eigenvalue weighted by atomic mass is 9.99. The van der Waals surface area contributed by atoms with Crippen molar-refractivity contribution < 1.29 is 13.2 Å². The predicted octanol–water partition coefficient (Wildman–Crippen LogP) is 3.47. The molecule has 0 bridgehead atoms. The maximum absolute atomic E-state index is 12.5. The molecule has 0 saturated carbocycles. The van der Waals surface area contributed by atoms with Gasteiger partial charge in [-0.25, -0.2) is 8.42 Å². The Morgan fingerprint density at radius 3 is 2.28 bits per heavy atom. The van der Waals surface area contributed by atoms with E-state index in [9.17, 15) is 13.2 Å². The molecule has 0 heterocycles. The summed E-state index contributed by atoms with van der Waals surface area (Å²) in [5.41, 5.74) is 5.02. The lowest BCUT2D eigenvalue weighted by Crippen LogP contribution is -2.27. The summed E-state index contributed by atoms with van der Waals surface area (Å²) in [6, 6.07) is 10.9. The van der Waals surface area contributed by atoms with E-state index in [0.29, 0.717) is 16.8 Å². The monoisotopic (exact) mass is 360 g/mol. The van der Waals surface area contributed by atoms with Crippen LogP contribution in [0.15, 0.2) is 36.4 Å². The van der Waals surface area contributed by atoms with Gasteiger partial charge < -0.3 is 5.32 Å². The Balaban J connectivity index is 2.18. The maximum atomic E-state index is 12.5. The van der Waals surface area contributed by atoms with Gasteiger partial charge in [-0.3, -0.25) is 9.52 Å². The number of benzene rings is 2. The number of rotatable bonds is 5. The number of aryl methyl sites for hydroxylation is 3. The second kappa shape index (κ2) is 7.27. The van der Waals surface area contributed by atoms with E-state index in [4.69, 9.17) is 0 Å². The second-order valence-electron chi connectivity index (χ2n) is 6.46. The number of amides is 1. The standard InChI is InChI=1S/C19H24N2O3S/c1-12-6-7-13(2)17(10-12)15(4)20-19(22)16-8-9-18(14(3)11-16)21-25(5,23)24/h6-11,15,21H,1-5H3,(H,20,22)/t15-/m1/s1. The molecule has 0 aliphatic heterocycles. The smallest absolute Gasteiger partial charge is 0.251 e. The van der Waals surface area contributed by atoms with E-state index in [0.717, 1.165) is 22.9 Å². The first-order valence-electron chi connectivity index (χ1n) is 8.03. The molecule has 0 spiro atoms. The second-order valence-corrected chi connectivity index (χ2v) is 8.21. The third-order valence-electron chi connectivity index (χ3n) is 4.03. The molecule has 0 aliphatic rings. The number of hydrogen-bond donors (Lipinski definition) is 2. The van der Waals surface area contributed by atoms with Crippen LogP contribution in [0.25, 0.3) is 0 Å². The van der Waals surface area contributed by atoms with Crippen LogP contribution in [-0.4, -0.2) is 20.6 Å². The fourth-order valence-electron chi connectivity index (χ4n) is 2.70. The third kappa shape index (κ3) is 5.06. The topological polar surface area (TPSA) is 75.3 Å². The quantitative estimate of drug-likeness (QED) is 0.857. The van der Waals surface area contributed by atoms with Gasteiger partial charge >= 0.3 is 0 Å². The zero-order valence-corrected chi connectivity index (χ0v) is 16.0. The van der Waals surface area contributed by atoms with Crippen LogP contribution in [0.1, 0.15) is 45.6 Å².